The zero-order valence-electron chi connectivity index (χ0n) is 22.0. The normalized spacial score (nSPS) is 12.4. The van der Waals surface area contributed by atoms with E-state index >= 15 is 0 Å². The minimum Gasteiger partial charge on any atom is -0.406 e. The zero-order valence-corrected chi connectivity index (χ0v) is 22.0. The summed E-state index contributed by atoms with van der Waals surface area (Å²) < 4.78 is 41.0. The maximum Gasteiger partial charge on any atom is 0.573 e. The Labute approximate surface area is 230 Å². The van der Waals surface area contributed by atoms with Gasteiger partial charge in [-0.25, -0.2) is 9.97 Å². The minimum absolute atomic E-state index is 0.213. The number of imidazole rings is 2. The Hall–Kier alpha value is -4.16. The number of nitrogens with one attached hydrogen (secondary N) is 4. The molecule has 0 saturated carbocycles. The van der Waals surface area contributed by atoms with Gasteiger partial charge in [0.2, 0.25) is 0 Å². The number of rotatable bonds is 14. The van der Waals surface area contributed by atoms with Gasteiger partial charge in [-0.05, 0) is 41.8 Å². The molecular formula is C28H32F3N7O2. The van der Waals surface area contributed by atoms with Gasteiger partial charge in [-0.3, -0.25) is 15.0 Å². The van der Waals surface area contributed by atoms with E-state index in [-0.39, 0.29) is 17.8 Å². The molecule has 2 heterocycles. The Balaban J connectivity index is 1.32. The van der Waals surface area contributed by atoms with Crippen LogP contribution in [0.15, 0.2) is 73.3 Å². The van der Waals surface area contributed by atoms with E-state index in [1.165, 1.54) is 12.1 Å². The van der Waals surface area contributed by atoms with Crippen molar-refractivity contribution in [3.05, 3.63) is 102 Å². The van der Waals surface area contributed by atoms with Crippen LogP contribution in [0, 0.1) is 0 Å². The fourth-order valence-electron chi connectivity index (χ4n) is 4.19. The molecule has 0 saturated heterocycles. The monoisotopic (exact) mass is 555 g/mol. The molecule has 4 aromatic rings. The Morgan fingerprint density at radius 3 is 2.05 bits per heavy atom. The molecule has 0 aliphatic rings. The highest BCUT2D eigenvalue weighted by Crippen LogP contribution is 2.22. The summed E-state index contributed by atoms with van der Waals surface area (Å²) in [7, 11) is 0. The molecule has 0 bridgehead atoms. The van der Waals surface area contributed by atoms with Gasteiger partial charge in [0.25, 0.3) is 5.91 Å². The van der Waals surface area contributed by atoms with Crippen LogP contribution in [-0.2, 0) is 26.2 Å². The lowest BCUT2D eigenvalue weighted by atomic mass is 10.1. The minimum atomic E-state index is -4.73. The highest BCUT2D eigenvalue weighted by atomic mass is 19.4. The van der Waals surface area contributed by atoms with Crippen molar-refractivity contribution in [2.75, 3.05) is 0 Å². The average molecular weight is 556 g/mol. The van der Waals surface area contributed by atoms with E-state index in [0.29, 0.717) is 38.2 Å². The van der Waals surface area contributed by atoms with Gasteiger partial charge >= 0.3 is 6.36 Å². The molecule has 0 fully saturated rings. The molecule has 2 aromatic heterocycles. The van der Waals surface area contributed by atoms with Crippen LogP contribution in [-0.4, -0.2) is 43.3 Å². The van der Waals surface area contributed by atoms with Crippen molar-refractivity contribution in [1.82, 2.24) is 35.5 Å². The molecule has 212 valence electrons. The summed E-state index contributed by atoms with van der Waals surface area (Å²) in [6.07, 6.45) is 3.50. The van der Waals surface area contributed by atoms with Crippen molar-refractivity contribution in [2.24, 2.45) is 0 Å². The topological polar surface area (TPSA) is 111 Å². The first kappa shape index (κ1) is 28.8. The van der Waals surface area contributed by atoms with Crippen LogP contribution in [0.25, 0.3) is 0 Å². The molecule has 0 aliphatic carbocycles. The Kier molecular flexibility index (Phi) is 9.92. The number of benzene rings is 2. The predicted molar refractivity (Wildman–Crippen MR) is 143 cm³/mol. The van der Waals surface area contributed by atoms with Crippen LogP contribution < -0.4 is 15.4 Å². The predicted octanol–water partition coefficient (Wildman–Crippen LogP) is 4.88. The van der Waals surface area contributed by atoms with E-state index < -0.39 is 6.36 Å². The lowest BCUT2D eigenvalue weighted by molar-refractivity contribution is -0.274. The van der Waals surface area contributed by atoms with Crippen LogP contribution >= 0.6 is 0 Å². The van der Waals surface area contributed by atoms with Crippen molar-refractivity contribution in [2.45, 2.75) is 58.5 Å². The maximum absolute atomic E-state index is 13.0. The second-order valence-electron chi connectivity index (χ2n) is 9.30. The summed E-state index contributed by atoms with van der Waals surface area (Å²) in [6.45, 7) is 4.24. The van der Waals surface area contributed by atoms with Crippen LogP contribution in [0.1, 0.15) is 52.9 Å². The van der Waals surface area contributed by atoms with Crippen molar-refractivity contribution in [3.63, 3.8) is 0 Å². The second kappa shape index (κ2) is 13.8. The smallest absolute Gasteiger partial charge is 0.406 e. The van der Waals surface area contributed by atoms with E-state index in [2.05, 4.69) is 40.2 Å². The third kappa shape index (κ3) is 9.24. The summed E-state index contributed by atoms with van der Waals surface area (Å²) in [5.74, 6) is 1.21. The van der Waals surface area contributed by atoms with Gasteiger partial charge in [0.05, 0.1) is 19.3 Å². The Bertz CT molecular complexity index is 1260. The largest absolute Gasteiger partial charge is 0.573 e. The van der Waals surface area contributed by atoms with Crippen LogP contribution in [0.3, 0.4) is 0 Å². The summed E-state index contributed by atoms with van der Waals surface area (Å²) in [4.78, 5) is 30.1. The lowest BCUT2D eigenvalue weighted by Gasteiger charge is -2.21. The molecule has 0 aliphatic heterocycles. The van der Waals surface area contributed by atoms with Gasteiger partial charge in [-0.15, -0.1) is 13.2 Å². The van der Waals surface area contributed by atoms with Gasteiger partial charge < -0.3 is 20.0 Å². The molecule has 1 unspecified atom stereocenters. The highest BCUT2D eigenvalue weighted by Gasteiger charge is 2.31. The molecule has 1 atom stereocenters. The number of carbonyl (C=O) groups is 1. The molecule has 12 heteroatoms. The second-order valence-corrected chi connectivity index (χ2v) is 9.30. The SMILES string of the molecule is CCCC(NCc1ccc(OC(F)(F)F)cc1)NC(=O)c1ccc(CN(Cc2ncc[nH]2)Cc2ncc[nH]2)cc1. The van der Waals surface area contributed by atoms with Gasteiger partial charge in [0.15, 0.2) is 0 Å². The van der Waals surface area contributed by atoms with Crippen molar-refractivity contribution < 1.29 is 22.7 Å². The molecule has 9 nitrogen and oxygen atoms in total. The van der Waals surface area contributed by atoms with E-state index in [1.807, 2.05) is 19.1 Å². The third-order valence-corrected chi connectivity index (χ3v) is 6.07. The first-order valence-electron chi connectivity index (χ1n) is 12.9. The van der Waals surface area contributed by atoms with Crippen LogP contribution in [0.4, 0.5) is 13.2 Å². The Morgan fingerprint density at radius 2 is 1.52 bits per heavy atom. The number of aromatic nitrogens is 4. The van der Waals surface area contributed by atoms with Crippen molar-refractivity contribution >= 4 is 5.91 Å². The van der Waals surface area contributed by atoms with Crippen LogP contribution in [0.2, 0.25) is 0 Å². The number of H-pyrrole nitrogens is 2. The number of alkyl halides is 3. The number of hydrogen-bond donors (Lipinski definition) is 4. The number of ether oxygens (including phenoxy) is 1. The summed E-state index contributed by atoms with van der Waals surface area (Å²) in [6, 6.07) is 13.1. The molecular weight excluding hydrogens is 523 g/mol. The molecule has 2 aromatic carbocycles. The fraction of sp³-hybridized carbons (Fsp3) is 0.321. The van der Waals surface area contributed by atoms with E-state index in [9.17, 15) is 18.0 Å². The molecule has 1 amide bonds. The quantitative estimate of drug-likeness (QED) is 0.165. The maximum atomic E-state index is 13.0. The summed E-state index contributed by atoms with van der Waals surface area (Å²) >= 11 is 0. The molecule has 40 heavy (non-hydrogen) atoms. The van der Waals surface area contributed by atoms with Gasteiger partial charge in [-0.1, -0.05) is 37.6 Å². The van der Waals surface area contributed by atoms with Gasteiger partial charge in [0.1, 0.15) is 17.4 Å². The van der Waals surface area contributed by atoms with Gasteiger partial charge in [-0.2, -0.15) is 0 Å². The van der Waals surface area contributed by atoms with Crippen molar-refractivity contribution in [3.8, 4) is 5.75 Å². The first-order valence-corrected chi connectivity index (χ1v) is 12.9. The number of aromatic amines is 2. The first-order chi connectivity index (χ1) is 19.3. The number of amides is 1. The molecule has 4 rings (SSSR count). The van der Waals surface area contributed by atoms with Crippen LogP contribution in [0.5, 0.6) is 5.75 Å². The lowest BCUT2D eigenvalue weighted by Crippen LogP contribution is -2.45. The van der Waals surface area contributed by atoms with E-state index in [1.54, 1.807) is 49.1 Å². The average Bonchev–Trinajstić information content (AvgIpc) is 3.62. The molecule has 0 radical (unpaired) electrons. The summed E-state index contributed by atoms with van der Waals surface area (Å²) in [5, 5.41) is 6.27. The zero-order chi connectivity index (χ0) is 28.4. The number of halogens is 3. The summed E-state index contributed by atoms with van der Waals surface area (Å²) in [5.41, 5.74) is 2.34. The number of hydrogen-bond acceptors (Lipinski definition) is 6. The standard InChI is InChI=1S/C28H32F3N7O2/c1-2-3-24(36-16-20-6-10-23(11-7-20)40-28(29,30)31)37-27(39)22-8-4-21(5-9-22)17-38(18-25-32-12-13-33-25)19-26-34-14-15-35-26/h4-15,24,36H,2-3,16-19H2,1H3,(H,32,33)(H,34,35)(H,37,39). The Morgan fingerprint density at radius 1 is 0.925 bits per heavy atom. The third-order valence-electron chi connectivity index (χ3n) is 6.07. The van der Waals surface area contributed by atoms with Gasteiger partial charge in [0, 0.05) is 43.4 Å². The van der Waals surface area contributed by atoms with Crippen molar-refractivity contribution in [1.29, 1.82) is 0 Å². The number of nitrogens with zero attached hydrogens (tertiary/aromatic N) is 3. The van der Waals surface area contributed by atoms with E-state index in [4.69, 9.17) is 0 Å². The molecule has 4 N–H and O–H groups in total. The highest BCUT2D eigenvalue weighted by molar-refractivity contribution is 5.94. The van der Waals surface area contributed by atoms with E-state index in [0.717, 1.165) is 29.2 Å². The molecule has 0 spiro atoms. The fourth-order valence-corrected chi connectivity index (χ4v) is 4.19. The number of carbonyl (C=O) groups excluding carboxylic acids is 1.